The van der Waals surface area contributed by atoms with Crippen molar-refractivity contribution in [1.29, 1.82) is 0 Å². The van der Waals surface area contributed by atoms with Crippen LogP contribution in [-0.4, -0.2) is 84.9 Å². The fraction of sp³-hybridized carbons (Fsp3) is 0.593. The number of amides is 1. The molecule has 1 amide bonds. The number of nitrogens with zero attached hydrogens (tertiary/aromatic N) is 4. The smallest absolute Gasteiger partial charge is 0.410 e. The van der Waals surface area contributed by atoms with Crippen LogP contribution in [0.3, 0.4) is 0 Å². The number of thiazole rings is 1. The molecule has 0 radical (unpaired) electrons. The van der Waals surface area contributed by atoms with Crippen LogP contribution in [0.5, 0.6) is 5.75 Å². The van der Waals surface area contributed by atoms with Crippen LogP contribution in [0.15, 0.2) is 12.1 Å². The van der Waals surface area contributed by atoms with Gasteiger partial charge in [-0.1, -0.05) is 13.0 Å². The summed E-state index contributed by atoms with van der Waals surface area (Å²) in [6.07, 6.45) is 2.29. The Labute approximate surface area is 223 Å². The van der Waals surface area contributed by atoms with E-state index in [1.165, 1.54) is 4.88 Å². The van der Waals surface area contributed by atoms with Gasteiger partial charge < -0.3 is 29.3 Å². The Balaban J connectivity index is 1.43. The minimum Gasteiger partial charge on any atom is -0.493 e. The zero-order valence-corrected chi connectivity index (χ0v) is 22.9. The quantitative estimate of drug-likeness (QED) is 0.496. The molecule has 1 saturated heterocycles. The summed E-state index contributed by atoms with van der Waals surface area (Å²) in [5, 5.41) is 10.3. The second-order valence-corrected chi connectivity index (χ2v) is 10.9. The normalized spacial score (nSPS) is 16.0. The fourth-order valence-corrected chi connectivity index (χ4v) is 5.80. The Morgan fingerprint density at radius 2 is 1.86 bits per heavy atom. The number of carbonyl (C=O) groups is 2. The number of ether oxygens (including phenoxy) is 2. The zero-order chi connectivity index (χ0) is 26.4. The molecule has 2 aliphatic rings. The molecule has 0 bridgehead atoms. The predicted octanol–water partition coefficient (Wildman–Crippen LogP) is 3.75. The lowest BCUT2D eigenvalue weighted by Gasteiger charge is -2.32. The van der Waals surface area contributed by atoms with Gasteiger partial charge in [-0.05, 0) is 50.4 Å². The molecule has 2 aliphatic heterocycles. The molecule has 3 heterocycles. The lowest BCUT2D eigenvalue weighted by molar-refractivity contribution is -0.136. The highest BCUT2D eigenvalue weighted by Crippen LogP contribution is 2.33. The third-order valence-corrected chi connectivity index (χ3v) is 8.09. The van der Waals surface area contributed by atoms with Crippen molar-refractivity contribution in [3.8, 4) is 5.75 Å². The van der Waals surface area contributed by atoms with Crippen molar-refractivity contribution < 1.29 is 24.2 Å². The van der Waals surface area contributed by atoms with Crippen molar-refractivity contribution in [1.82, 2.24) is 14.8 Å². The monoisotopic (exact) mass is 530 g/mol. The first kappa shape index (κ1) is 27.2. The number of piperazine rings is 1. The number of hydrogen-bond acceptors (Lipinski definition) is 8. The van der Waals surface area contributed by atoms with Gasteiger partial charge in [-0.3, -0.25) is 4.79 Å². The second kappa shape index (κ2) is 12.6. The topological polar surface area (TPSA) is 95.4 Å². The van der Waals surface area contributed by atoms with Gasteiger partial charge in [0.25, 0.3) is 0 Å². The molecule has 1 N–H and O–H groups in total. The highest BCUT2D eigenvalue weighted by molar-refractivity contribution is 7.15. The van der Waals surface area contributed by atoms with Gasteiger partial charge in [0.05, 0.1) is 18.9 Å². The molecule has 1 fully saturated rings. The molecule has 37 heavy (non-hydrogen) atoms. The van der Waals surface area contributed by atoms with Crippen molar-refractivity contribution in [2.45, 2.75) is 52.5 Å². The van der Waals surface area contributed by atoms with Gasteiger partial charge in [-0.15, -0.1) is 11.3 Å². The number of anilines is 1. The lowest BCUT2D eigenvalue weighted by atomic mass is 9.92. The summed E-state index contributed by atoms with van der Waals surface area (Å²) in [7, 11) is 2.15. The number of hydrogen-bond donors (Lipinski definition) is 1. The van der Waals surface area contributed by atoms with Crippen LogP contribution in [0.2, 0.25) is 0 Å². The van der Waals surface area contributed by atoms with E-state index < -0.39 is 5.97 Å². The minimum atomic E-state index is -0.835. The van der Waals surface area contributed by atoms with E-state index in [2.05, 4.69) is 23.8 Å². The first-order chi connectivity index (χ1) is 17.9. The first-order valence-electron chi connectivity index (χ1n) is 13.2. The molecule has 0 aliphatic carbocycles. The van der Waals surface area contributed by atoms with Crippen molar-refractivity contribution in [2.24, 2.45) is 0 Å². The first-order valence-corrected chi connectivity index (χ1v) is 14.0. The minimum absolute atomic E-state index is 0.0473. The molecule has 1 aromatic heterocycles. The summed E-state index contributed by atoms with van der Waals surface area (Å²) < 4.78 is 11.6. The van der Waals surface area contributed by atoms with Crippen molar-refractivity contribution >= 4 is 28.5 Å². The number of carboxylic acid groups (broad SMARTS) is 1. The van der Waals surface area contributed by atoms with Crippen molar-refractivity contribution in [3.05, 3.63) is 39.4 Å². The third-order valence-electron chi connectivity index (χ3n) is 7.01. The highest BCUT2D eigenvalue weighted by atomic mass is 32.1. The van der Waals surface area contributed by atoms with Crippen molar-refractivity contribution in [2.75, 3.05) is 57.9 Å². The predicted molar refractivity (Wildman–Crippen MR) is 144 cm³/mol. The van der Waals surface area contributed by atoms with E-state index in [0.717, 1.165) is 72.3 Å². The van der Waals surface area contributed by atoms with Crippen LogP contribution in [0, 0.1) is 6.92 Å². The highest BCUT2D eigenvalue weighted by Gasteiger charge is 2.27. The molecule has 10 heteroatoms. The summed E-state index contributed by atoms with van der Waals surface area (Å²) in [4.78, 5) is 36.2. The number of carbonyl (C=O) groups excluding carboxylic acids is 1. The Morgan fingerprint density at radius 3 is 2.59 bits per heavy atom. The number of aryl methyl sites for hydroxylation is 2. The summed E-state index contributed by atoms with van der Waals surface area (Å²) in [6.45, 7) is 10.1. The largest absolute Gasteiger partial charge is 0.493 e. The number of likely N-dealkylation sites (N-methyl/N-ethyl adjacent to an activating group) is 1. The Kier molecular flexibility index (Phi) is 9.26. The molecule has 202 valence electrons. The molecule has 0 saturated carbocycles. The number of rotatable bonds is 10. The van der Waals surface area contributed by atoms with Crippen LogP contribution in [-0.2, 0) is 35.3 Å². The maximum atomic E-state index is 12.5. The molecule has 0 atom stereocenters. The number of benzene rings is 1. The third kappa shape index (κ3) is 6.93. The van der Waals surface area contributed by atoms with Crippen LogP contribution in [0.1, 0.15) is 47.0 Å². The average Bonchev–Trinajstić information content (AvgIpc) is 3.26. The Hall–Kier alpha value is -2.85. The Bertz CT molecular complexity index is 1100. The fourth-order valence-electron chi connectivity index (χ4n) is 4.79. The number of carboxylic acids is 1. The van der Waals surface area contributed by atoms with Gasteiger partial charge in [0.1, 0.15) is 5.75 Å². The molecule has 0 spiro atoms. The van der Waals surface area contributed by atoms with Gasteiger partial charge in [-0.25, -0.2) is 9.78 Å². The number of aromatic nitrogens is 1. The maximum absolute atomic E-state index is 12.5. The van der Waals surface area contributed by atoms with Crippen LogP contribution >= 0.6 is 11.3 Å². The van der Waals surface area contributed by atoms with E-state index in [1.807, 2.05) is 19.1 Å². The van der Waals surface area contributed by atoms with E-state index in [1.54, 1.807) is 16.2 Å². The molecule has 1 aromatic carbocycles. The molecule has 4 rings (SSSR count). The number of aliphatic carboxylic acids is 1. The number of fused-ring (bicyclic) bond motifs is 1. The second-order valence-electron chi connectivity index (χ2n) is 9.75. The van der Waals surface area contributed by atoms with Crippen LogP contribution < -0.4 is 9.64 Å². The summed E-state index contributed by atoms with van der Waals surface area (Å²) in [5.74, 6) is -0.0264. The summed E-state index contributed by atoms with van der Waals surface area (Å²) in [5.41, 5.74) is 4.08. The molecular weight excluding hydrogens is 492 g/mol. The van der Waals surface area contributed by atoms with E-state index in [0.29, 0.717) is 39.1 Å². The van der Waals surface area contributed by atoms with Gasteiger partial charge in [0.2, 0.25) is 0 Å². The van der Waals surface area contributed by atoms with Crippen LogP contribution in [0.4, 0.5) is 9.93 Å². The summed E-state index contributed by atoms with van der Waals surface area (Å²) >= 11 is 1.75. The standard InChI is InChI=1S/C27H38N4O5S/c1-4-16-36-27(34)31-11-9-21-22(18-31)20(6-8-25(32)33)5-7-24(21)35-17-10-23-19(2)37-26(28-23)30-14-12-29(3)13-15-30/h5,7H,4,6,8-18H2,1-3H3,(H,32,33). The zero-order valence-electron chi connectivity index (χ0n) is 22.1. The maximum Gasteiger partial charge on any atom is 0.410 e. The van der Waals surface area contributed by atoms with Gasteiger partial charge >= 0.3 is 12.1 Å². The van der Waals surface area contributed by atoms with E-state index in [9.17, 15) is 14.7 Å². The van der Waals surface area contributed by atoms with E-state index in [4.69, 9.17) is 14.5 Å². The van der Waals surface area contributed by atoms with E-state index in [-0.39, 0.29) is 12.5 Å². The molecule has 0 unspecified atom stereocenters. The van der Waals surface area contributed by atoms with Crippen molar-refractivity contribution in [3.63, 3.8) is 0 Å². The van der Waals surface area contributed by atoms with Gasteiger partial charge in [0, 0.05) is 62.6 Å². The van der Waals surface area contributed by atoms with Gasteiger partial charge in [0.15, 0.2) is 5.13 Å². The molecule has 9 nitrogen and oxygen atoms in total. The average molecular weight is 531 g/mol. The molecule has 2 aromatic rings. The molecular formula is C27H38N4O5S. The lowest BCUT2D eigenvalue weighted by Crippen LogP contribution is -2.44. The van der Waals surface area contributed by atoms with E-state index >= 15 is 0 Å². The summed E-state index contributed by atoms with van der Waals surface area (Å²) in [6, 6.07) is 3.89. The van der Waals surface area contributed by atoms with Crippen LogP contribution in [0.25, 0.3) is 0 Å². The Morgan fingerprint density at radius 1 is 1.08 bits per heavy atom. The van der Waals surface area contributed by atoms with Gasteiger partial charge in [-0.2, -0.15) is 0 Å². The SMILES string of the molecule is CCCOC(=O)N1CCc2c(OCCc3nc(N4CCN(C)CC4)sc3C)ccc(CCC(=O)O)c2C1.